The summed E-state index contributed by atoms with van der Waals surface area (Å²) in [5.74, 6) is -0.887. The lowest BCUT2D eigenvalue weighted by atomic mass is 10.1. The van der Waals surface area contributed by atoms with E-state index in [1.54, 1.807) is 19.1 Å². The molecule has 1 heterocycles. The molecular formula is C17H14F2N4O3. The fourth-order valence-corrected chi connectivity index (χ4v) is 2.54. The first kappa shape index (κ1) is 17.5. The van der Waals surface area contributed by atoms with E-state index in [1.807, 2.05) is 0 Å². The number of nitro groups is 1. The molecule has 26 heavy (non-hydrogen) atoms. The summed E-state index contributed by atoms with van der Waals surface area (Å²) in [6, 6.07) is 9.88. The van der Waals surface area contributed by atoms with E-state index >= 15 is 0 Å². The Balaban J connectivity index is 1.79. The Morgan fingerprint density at radius 3 is 2.73 bits per heavy atom. The van der Waals surface area contributed by atoms with Gasteiger partial charge in [-0.3, -0.25) is 14.9 Å². The van der Waals surface area contributed by atoms with Gasteiger partial charge < -0.3 is 10.3 Å². The molecule has 3 rings (SSSR count). The number of fused-ring (bicyclic) bond motifs is 1. The van der Waals surface area contributed by atoms with E-state index in [1.165, 1.54) is 30.3 Å². The normalized spacial score (nSPS) is 12.3. The van der Waals surface area contributed by atoms with E-state index in [0.29, 0.717) is 16.6 Å². The lowest BCUT2D eigenvalue weighted by Gasteiger charge is -2.14. The van der Waals surface area contributed by atoms with Crippen molar-refractivity contribution in [2.45, 2.75) is 19.4 Å². The molecule has 1 amide bonds. The first-order valence-electron chi connectivity index (χ1n) is 7.68. The van der Waals surface area contributed by atoms with E-state index in [2.05, 4.69) is 15.3 Å². The number of hydrogen-bond acceptors (Lipinski definition) is 4. The fraction of sp³-hybridized carbons (Fsp3) is 0.176. The van der Waals surface area contributed by atoms with Gasteiger partial charge in [0.2, 0.25) is 0 Å². The van der Waals surface area contributed by atoms with E-state index in [9.17, 15) is 23.7 Å². The Bertz CT molecular complexity index is 987. The minimum absolute atomic E-state index is 0.0676. The first-order valence-corrected chi connectivity index (χ1v) is 7.68. The summed E-state index contributed by atoms with van der Waals surface area (Å²) >= 11 is 0. The van der Waals surface area contributed by atoms with Gasteiger partial charge in [0.15, 0.2) is 5.82 Å². The van der Waals surface area contributed by atoms with Crippen LogP contribution in [-0.2, 0) is 0 Å². The number of rotatable bonds is 5. The molecule has 1 atom stereocenters. The van der Waals surface area contributed by atoms with Crippen LogP contribution < -0.4 is 5.32 Å². The van der Waals surface area contributed by atoms with Crippen molar-refractivity contribution >= 4 is 22.6 Å². The van der Waals surface area contributed by atoms with Crippen molar-refractivity contribution in [3.8, 4) is 0 Å². The van der Waals surface area contributed by atoms with Gasteiger partial charge in [-0.05, 0) is 30.7 Å². The Morgan fingerprint density at radius 2 is 2.04 bits per heavy atom. The number of nitro benzene ring substituents is 1. The maximum Gasteiger partial charge on any atom is 0.295 e. The van der Waals surface area contributed by atoms with E-state index in [0.717, 1.165) is 0 Å². The molecule has 3 aromatic rings. The van der Waals surface area contributed by atoms with Gasteiger partial charge in [0.25, 0.3) is 18.0 Å². The molecule has 0 fully saturated rings. The largest absolute Gasteiger partial charge is 0.346 e. The average Bonchev–Trinajstić information content (AvgIpc) is 3.05. The number of carbonyl (C=O) groups is 1. The number of benzene rings is 2. The summed E-state index contributed by atoms with van der Waals surface area (Å²) in [6.45, 7) is 1.70. The number of halogens is 2. The minimum atomic E-state index is -2.73. The van der Waals surface area contributed by atoms with Crippen LogP contribution in [0.15, 0.2) is 42.5 Å². The van der Waals surface area contributed by atoms with Gasteiger partial charge in [-0.15, -0.1) is 0 Å². The molecule has 0 radical (unpaired) electrons. The number of non-ortho nitro benzene ring substituents is 1. The van der Waals surface area contributed by atoms with E-state index in [-0.39, 0.29) is 11.3 Å². The highest BCUT2D eigenvalue weighted by Gasteiger charge is 2.17. The number of aromatic nitrogens is 2. The average molecular weight is 360 g/mol. The van der Waals surface area contributed by atoms with Gasteiger partial charge in [0.1, 0.15) is 0 Å². The number of imidazole rings is 1. The van der Waals surface area contributed by atoms with Crippen LogP contribution in [0.5, 0.6) is 0 Å². The molecule has 0 bridgehead atoms. The van der Waals surface area contributed by atoms with Crippen molar-refractivity contribution in [2.24, 2.45) is 0 Å². The molecule has 0 aliphatic rings. The van der Waals surface area contributed by atoms with Crippen molar-refractivity contribution in [3.05, 3.63) is 69.5 Å². The number of alkyl halides is 2. The van der Waals surface area contributed by atoms with E-state index < -0.39 is 29.1 Å². The molecule has 0 saturated heterocycles. The second-order valence-electron chi connectivity index (χ2n) is 5.70. The third-order valence-corrected chi connectivity index (χ3v) is 3.90. The van der Waals surface area contributed by atoms with Crippen LogP contribution in [0.25, 0.3) is 11.0 Å². The molecule has 7 nitrogen and oxygen atoms in total. The minimum Gasteiger partial charge on any atom is -0.346 e. The van der Waals surface area contributed by atoms with Gasteiger partial charge in [0.05, 0.1) is 22.0 Å². The molecule has 0 spiro atoms. The topological polar surface area (TPSA) is 101 Å². The number of carbonyl (C=O) groups excluding carboxylic acids is 1. The smallest absolute Gasteiger partial charge is 0.295 e. The molecule has 0 aliphatic heterocycles. The van der Waals surface area contributed by atoms with Gasteiger partial charge in [-0.2, -0.15) is 0 Å². The number of H-pyrrole nitrogens is 1. The summed E-state index contributed by atoms with van der Waals surface area (Å²) in [4.78, 5) is 29.0. The van der Waals surface area contributed by atoms with Crippen molar-refractivity contribution in [1.29, 1.82) is 0 Å². The predicted molar refractivity (Wildman–Crippen MR) is 90.0 cm³/mol. The molecule has 0 aliphatic carbocycles. The summed E-state index contributed by atoms with van der Waals surface area (Å²) in [6.07, 6.45) is -2.73. The van der Waals surface area contributed by atoms with Gasteiger partial charge in [-0.1, -0.05) is 12.1 Å². The number of amides is 1. The highest BCUT2D eigenvalue weighted by atomic mass is 19.3. The van der Waals surface area contributed by atoms with Crippen LogP contribution >= 0.6 is 0 Å². The lowest BCUT2D eigenvalue weighted by Crippen LogP contribution is -2.26. The SMILES string of the molecule is CC(NC(=O)c1ccc2nc(C(F)F)[nH]c2c1)c1cccc([N+](=O)[O-])c1. The van der Waals surface area contributed by atoms with Gasteiger partial charge in [-0.25, -0.2) is 13.8 Å². The fourth-order valence-electron chi connectivity index (χ4n) is 2.54. The Labute approximate surface area is 146 Å². The molecule has 9 heteroatoms. The second kappa shape index (κ2) is 6.87. The quantitative estimate of drug-likeness (QED) is 0.532. The zero-order valence-corrected chi connectivity index (χ0v) is 13.6. The van der Waals surface area contributed by atoms with Crippen LogP contribution in [0.2, 0.25) is 0 Å². The van der Waals surface area contributed by atoms with Crippen LogP contribution in [0.3, 0.4) is 0 Å². The van der Waals surface area contributed by atoms with Crippen molar-refractivity contribution in [2.75, 3.05) is 0 Å². The summed E-state index contributed by atoms with van der Waals surface area (Å²) < 4.78 is 25.4. The summed E-state index contributed by atoms with van der Waals surface area (Å²) in [5.41, 5.74) is 1.44. The van der Waals surface area contributed by atoms with Crippen molar-refractivity contribution in [3.63, 3.8) is 0 Å². The summed E-state index contributed by atoms with van der Waals surface area (Å²) in [5, 5.41) is 13.6. The molecule has 134 valence electrons. The Kier molecular flexibility index (Phi) is 4.61. The van der Waals surface area contributed by atoms with Crippen LogP contribution in [0.1, 0.15) is 41.1 Å². The molecular weight excluding hydrogens is 346 g/mol. The van der Waals surface area contributed by atoms with E-state index in [4.69, 9.17) is 0 Å². The lowest BCUT2D eigenvalue weighted by molar-refractivity contribution is -0.384. The summed E-state index contributed by atoms with van der Waals surface area (Å²) in [7, 11) is 0. The molecule has 2 N–H and O–H groups in total. The molecule has 1 unspecified atom stereocenters. The Morgan fingerprint density at radius 1 is 1.27 bits per heavy atom. The highest BCUT2D eigenvalue weighted by Crippen LogP contribution is 2.22. The predicted octanol–water partition coefficient (Wildman–Crippen LogP) is 3.90. The zero-order chi connectivity index (χ0) is 18.8. The van der Waals surface area contributed by atoms with Crippen LogP contribution in [0.4, 0.5) is 14.5 Å². The number of aromatic amines is 1. The van der Waals surface area contributed by atoms with Crippen molar-refractivity contribution < 1.29 is 18.5 Å². The van der Waals surface area contributed by atoms with Gasteiger partial charge >= 0.3 is 0 Å². The maximum atomic E-state index is 12.7. The third kappa shape index (κ3) is 3.51. The first-order chi connectivity index (χ1) is 12.3. The van der Waals surface area contributed by atoms with Gasteiger partial charge in [0, 0.05) is 17.7 Å². The molecule has 2 aromatic carbocycles. The maximum absolute atomic E-state index is 12.7. The standard InChI is InChI=1S/C17H14F2N4O3/c1-9(10-3-2-4-12(7-10)23(25)26)20-17(24)11-5-6-13-14(8-11)22-16(21-13)15(18)19/h2-9,15H,1H3,(H,20,24)(H,21,22). The monoisotopic (exact) mass is 360 g/mol. The number of hydrogen-bond donors (Lipinski definition) is 2. The molecule has 0 saturated carbocycles. The van der Waals surface area contributed by atoms with Crippen LogP contribution in [0, 0.1) is 10.1 Å². The number of nitrogens with zero attached hydrogens (tertiary/aromatic N) is 2. The second-order valence-corrected chi connectivity index (χ2v) is 5.70. The molecule has 1 aromatic heterocycles. The van der Waals surface area contributed by atoms with Crippen LogP contribution in [-0.4, -0.2) is 20.8 Å². The zero-order valence-electron chi connectivity index (χ0n) is 13.6. The number of nitrogens with one attached hydrogen (secondary N) is 2. The third-order valence-electron chi connectivity index (χ3n) is 3.90. The van der Waals surface area contributed by atoms with Crippen molar-refractivity contribution in [1.82, 2.24) is 15.3 Å². The Hall–Kier alpha value is -3.36. The highest BCUT2D eigenvalue weighted by molar-refractivity contribution is 5.97.